The molecule has 0 aliphatic carbocycles. The van der Waals surface area contributed by atoms with Crippen molar-refractivity contribution in [1.82, 2.24) is 4.90 Å². The van der Waals surface area contributed by atoms with Crippen molar-refractivity contribution in [2.75, 3.05) is 19.6 Å². The Balaban J connectivity index is 0.00000225. The first-order chi connectivity index (χ1) is 11.6. The lowest BCUT2D eigenvalue weighted by molar-refractivity contribution is 0.234. The van der Waals surface area contributed by atoms with Crippen LogP contribution >= 0.6 is 24.2 Å². The van der Waals surface area contributed by atoms with Crippen LogP contribution in [0, 0.1) is 11.6 Å². The van der Waals surface area contributed by atoms with Gasteiger partial charge in [-0.3, -0.25) is 0 Å². The number of hydrogen-bond donors (Lipinski definition) is 1. The van der Waals surface area contributed by atoms with Gasteiger partial charge in [0.1, 0.15) is 17.4 Å². The zero-order chi connectivity index (χ0) is 16.9. The first-order valence-electron chi connectivity index (χ1n) is 8.23. The van der Waals surface area contributed by atoms with E-state index in [9.17, 15) is 13.9 Å². The number of aromatic hydroxyl groups is 1. The van der Waals surface area contributed by atoms with Crippen molar-refractivity contribution in [1.29, 1.82) is 0 Å². The third kappa shape index (κ3) is 5.59. The average Bonchev–Trinajstić information content (AvgIpc) is 2.57. The van der Waals surface area contributed by atoms with Crippen molar-refractivity contribution < 1.29 is 13.9 Å². The normalized spacial score (nSPS) is 15.8. The monoisotopic (exact) mass is 385 g/mol. The van der Waals surface area contributed by atoms with Gasteiger partial charge in [-0.1, -0.05) is 18.2 Å². The van der Waals surface area contributed by atoms with Gasteiger partial charge < -0.3 is 10.0 Å². The van der Waals surface area contributed by atoms with E-state index in [1.807, 2.05) is 18.2 Å². The molecule has 25 heavy (non-hydrogen) atoms. The van der Waals surface area contributed by atoms with Gasteiger partial charge in [-0.15, -0.1) is 24.2 Å². The Hall–Kier alpha value is -1.30. The molecule has 2 aromatic carbocycles. The Kier molecular flexibility index (Phi) is 7.54. The molecule has 0 amide bonds. The predicted octanol–water partition coefficient (Wildman–Crippen LogP) is 4.89. The minimum absolute atomic E-state index is 0. The quantitative estimate of drug-likeness (QED) is 0.792. The van der Waals surface area contributed by atoms with E-state index in [-0.39, 0.29) is 12.4 Å². The molecule has 1 aliphatic heterocycles. The molecule has 1 aliphatic rings. The highest BCUT2D eigenvalue weighted by atomic mass is 35.5. The predicted molar refractivity (Wildman–Crippen MR) is 101 cm³/mol. The first kappa shape index (κ1) is 20.0. The molecular formula is C19H22ClF2NOS. The summed E-state index contributed by atoms with van der Waals surface area (Å²) in [7, 11) is 0. The van der Waals surface area contributed by atoms with E-state index in [1.165, 1.54) is 12.1 Å². The van der Waals surface area contributed by atoms with Crippen molar-refractivity contribution in [3.63, 3.8) is 0 Å². The van der Waals surface area contributed by atoms with Gasteiger partial charge >= 0.3 is 0 Å². The topological polar surface area (TPSA) is 23.5 Å². The molecule has 1 N–H and O–H groups in total. The second-order valence-electron chi connectivity index (χ2n) is 6.11. The SMILES string of the molecule is Cl.Oc1ccccc1SC1CCN(CCc2ccc(F)cc2F)CC1. The number of rotatable bonds is 5. The highest BCUT2D eigenvalue weighted by Gasteiger charge is 2.21. The molecule has 1 fully saturated rings. The Labute approximate surface area is 157 Å². The van der Waals surface area contributed by atoms with Crippen molar-refractivity contribution >= 4 is 24.2 Å². The van der Waals surface area contributed by atoms with Crippen LogP contribution in [0.5, 0.6) is 5.75 Å². The van der Waals surface area contributed by atoms with Crippen molar-refractivity contribution in [3.8, 4) is 5.75 Å². The smallest absolute Gasteiger partial charge is 0.129 e. The maximum Gasteiger partial charge on any atom is 0.129 e. The van der Waals surface area contributed by atoms with Gasteiger partial charge in [0.05, 0.1) is 0 Å². The molecule has 2 aromatic rings. The lowest BCUT2D eigenvalue weighted by atomic mass is 10.1. The van der Waals surface area contributed by atoms with Crippen LogP contribution in [0.1, 0.15) is 18.4 Å². The molecule has 3 rings (SSSR count). The van der Waals surface area contributed by atoms with Crippen LogP contribution in [0.3, 0.4) is 0 Å². The molecule has 0 saturated carbocycles. The maximum absolute atomic E-state index is 13.7. The summed E-state index contributed by atoms with van der Waals surface area (Å²) < 4.78 is 26.6. The number of piperidine rings is 1. The van der Waals surface area contributed by atoms with Gasteiger partial charge in [-0.05, 0) is 56.1 Å². The summed E-state index contributed by atoms with van der Waals surface area (Å²) in [6.45, 7) is 2.72. The molecule has 0 bridgehead atoms. The van der Waals surface area contributed by atoms with Crippen molar-refractivity contribution in [2.45, 2.75) is 29.4 Å². The Morgan fingerprint density at radius 1 is 1.08 bits per heavy atom. The largest absolute Gasteiger partial charge is 0.507 e. The van der Waals surface area contributed by atoms with Gasteiger partial charge in [0.2, 0.25) is 0 Å². The van der Waals surface area contributed by atoms with Gasteiger partial charge in [0.25, 0.3) is 0 Å². The number of phenols is 1. The fraction of sp³-hybridized carbons (Fsp3) is 0.368. The number of para-hydroxylation sites is 1. The van der Waals surface area contributed by atoms with E-state index in [2.05, 4.69) is 4.90 Å². The summed E-state index contributed by atoms with van der Waals surface area (Å²) in [5.41, 5.74) is 0.571. The summed E-state index contributed by atoms with van der Waals surface area (Å²) in [5.74, 6) is -0.644. The first-order valence-corrected chi connectivity index (χ1v) is 9.11. The van der Waals surface area contributed by atoms with Crippen LogP contribution in [0.4, 0.5) is 8.78 Å². The lowest BCUT2D eigenvalue weighted by Gasteiger charge is -2.31. The molecule has 6 heteroatoms. The molecule has 2 nitrogen and oxygen atoms in total. The molecule has 0 unspecified atom stereocenters. The van der Waals surface area contributed by atoms with Crippen LogP contribution in [0.2, 0.25) is 0 Å². The summed E-state index contributed by atoms with van der Waals surface area (Å²) >= 11 is 1.73. The molecule has 1 heterocycles. The zero-order valence-electron chi connectivity index (χ0n) is 13.8. The third-order valence-electron chi connectivity index (χ3n) is 4.41. The number of thioether (sulfide) groups is 1. The molecular weight excluding hydrogens is 364 g/mol. The third-order valence-corrected chi connectivity index (χ3v) is 5.81. The summed E-state index contributed by atoms with van der Waals surface area (Å²) in [6.07, 6.45) is 2.69. The van der Waals surface area contributed by atoms with Gasteiger partial charge in [0.15, 0.2) is 0 Å². The molecule has 0 radical (unpaired) electrons. The Morgan fingerprint density at radius 2 is 1.80 bits per heavy atom. The van der Waals surface area contributed by atoms with E-state index >= 15 is 0 Å². The Bertz CT molecular complexity index is 693. The second-order valence-corrected chi connectivity index (χ2v) is 7.45. The number of hydrogen-bond acceptors (Lipinski definition) is 3. The summed E-state index contributed by atoms with van der Waals surface area (Å²) in [6, 6.07) is 11.2. The van der Waals surface area contributed by atoms with Gasteiger partial charge in [0, 0.05) is 22.8 Å². The van der Waals surface area contributed by atoms with Crippen LogP contribution in [0.25, 0.3) is 0 Å². The Morgan fingerprint density at radius 3 is 2.48 bits per heavy atom. The van der Waals surface area contributed by atoms with Crippen LogP contribution < -0.4 is 0 Å². The van der Waals surface area contributed by atoms with E-state index in [0.29, 0.717) is 23.0 Å². The summed E-state index contributed by atoms with van der Waals surface area (Å²) in [4.78, 5) is 3.26. The molecule has 0 spiro atoms. The molecule has 1 saturated heterocycles. The van der Waals surface area contributed by atoms with E-state index < -0.39 is 11.6 Å². The van der Waals surface area contributed by atoms with Crippen LogP contribution in [0.15, 0.2) is 47.4 Å². The van der Waals surface area contributed by atoms with Crippen molar-refractivity contribution in [2.24, 2.45) is 0 Å². The molecule has 136 valence electrons. The fourth-order valence-corrected chi connectivity index (χ4v) is 4.14. The number of benzene rings is 2. The fourth-order valence-electron chi connectivity index (χ4n) is 2.99. The molecule has 0 aromatic heterocycles. The summed E-state index contributed by atoms with van der Waals surface area (Å²) in [5, 5.41) is 10.4. The van der Waals surface area contributed by atoms with Crippen molar-refractivity contribution in [3.05, 3.63) is 59.7 Å². The highest BCUT2D eigenvalue weighted by molar-refractivity contribution is 8.00. The van der Waals surface area contributed by atoms with E-state index in [0.717, 1.165) is 43.4 Å². The minimum Gasteiger partial charge on any atom is -0.507 e. The van der Waals surface area contributed by atoms with Crippen LogP contribution in [-0.4, -0.2) is 34.9 Å². The van der Waals surface area contributed by atoms with E-state index in [1.54, 1.807) is 17.8 Å². The number of nitrogens with zero attached hydrogens (tertiary/aromatic N) is 1. The number of likely N-dealkylation sites (tertiary alicyclic amines) is 1. The van der Waals surface area contributed by atoms with Gasteiger partial charge in [-0.2, -0.15) is 0 Å². The minimum atomic E-state index is -0.529. The maximum atomic E-state index is 13.7. The lowest BCUT2D eigenvalue weighted by Crippen LogP contribution is -2.36. The standard InChI is InChI=1S/C19H21F2NOS.ClH/c20-15-6-5-14(17(21)13-15)7-10-22-11-8-16(9-12-22)24-19-4-2-1-3-18(19)23;/h1-6,13,16,23H,7-12H2;1H. The average molecular weight is 386 g/mol. The second kappa shape index (κ2) is 9.41. The van der Waals surface area contributed by atoms with Gasteiger partial charge in [-0.25, -0.2) is 8.78 Å². The number of halogens is 3. The number of phenolic OH excluding ortho intramolecular Hbond substituents is 1. The van der Waals surface area contributed by atoms with Crippen LogP contribution in [-0.2, 0) is 6.42 Å². The van der Waals surface area contributed by atoms with E-state index in [4.69, 9.17) is 0 Å². The zero-order valence-corrected chi connectivity index (χ0v) is 15.5. The highest BCUT2D eigenvalue weighted by Crippen LogP contribution is 2.35. The molecule has 0 atom stereocenters.